The van der Waals surface area contributed by atoms with Crippen LogP contribution >= 0.6 is 0 Å². The van der Waals surface area contributed by atoms with E-state index >= 15 is 0 Å². The summed E-state index contributed by atoms with van der Waals surface area (Å²) in [5.74, 6) is 0.561. The van der Waals surface area contributed by atoms with Crippen LogP contribution in [0.15, 0.2) is 36.4 Å². The lowest BCUT2D eigenvalue weighted by Crippen LogP contribution is -2.10. The Labute approximate surface area is 155 Å². The lowest BCUT2D eigenvalue weighted by Gasteiger charge is -2.08. The maximum Gasteiger partial charge on any atom is 0.311 e. The monoisotopic (exact) mass is 354 g/mol. The van der Waals surface area contributed by atoms with Crippen LogP contribution in [0, 0.1) is 27.7 Å². The van der Waals surface area contributed by atoms with E-state index < -0.39 is 0 Å². The number of benzene rings is 2. The van der Waals surface area contributed by atoms with Crippen LogP contribution in [0.2, 0.25) is 0 Å². The Morgan fingerprint density at radius 2 is 1.04 bits per heavy atom. The van der Waals surface area contributed by atoms with Crippen molar-refractivity contribution >= 4 is 11.9 Å². The first-order valence-electron chi connectivity index (χ1n) is 8.91. The zero-order valence-corrected chi connectivity index (χ0v) is 15.9. The minimum atomic E-state index is -0.282. The second-order valence-electron chi connectivity index (χ2n) is 6.65. The second kappa shape index (κ2) is 9.18. The fourth-order valence-electron chi connectivity index (χ4n) is 2.46. The van der Waals surface area contributed by atoms with Crippen molar-refractivity contribution in [2.24, 2.45) is 0 Å². The van der Waals surface area contributed by atoms with Crippen LogP contribution in [-0.4, -0.2) is 11.9 Å². The van der Waals surface area contributed by atoms with Gasteiger partial charge in [-0.25, -0.2) is 0 Å². The van der Waals surface area contributed by atoms with Gasteiger partial charge in [-0.15, -0.1) is 0 Å². The number of carbonyl (C=O) groups excluding carboxylic acids is 2. The van der Waals surface area contributed by atoms with Crippen molar-refractivity contribution in [2.45, 2.75) is 53.4 Å². The third kappa shape index (κ3) is 6.03. The van der Waals surface area contributed by atoms with E-state index in [2.05, 4.69) is 0 Å². The summed E-state index contributed by atoms with van der Waals surface area (Å²) in [6.45, 7) is 7.98. The number of hydrogen-bond donors (Lipinski definition) is 0. The summed E-state index contributed by atoms with van der Waals surface area (Å²) in [6.07, 6.45) is 1.74. The molecule has 2 aromatic carbocycles. The van der Waals surface area contributed by atoms with Crippen LogP contribution in [0.1, 0.15) is 47.9 Å². The zero-order chi connectivity index (χ0) is 19.1. The summed E-state index contributed by atoms with van der Waals surface area (Å²) in [5, 5.41) is 0. The molecule has 0 radical (unpaired) electrons. The fraction of sp³-hybridized carbons (Fsp3) is 0.364. The summed E-state index contributed by atoms with van der Waals surface area (Å²) in [4.78, 5) is 23.8. The highest BCUT2D eigenvalue weighted by Gasteiger charge is 2.09. The van der Waals surface area contributed by atoms with Crippen LogP contribution in [0.3, 0.4) is 0 Å². The average Bonchev–Trinajstić information content (AvgIpc) is 2.58. The van der Waals surface area contributed by atoms with Gasteiger partial charge >= 0.3 is 11.9 Å². The van der Waals surface area contributed by atoms with Crippen LogP contribution in [-0.2, 0) is 9.59 Å². The Bertz CT molecular complexity index is 725. The van der Waals surface area contributed by atoms with Gasteiger partial charge < -0.3 is 9.47 Å². The maximum absolute atomic E-state index is 11.9. The van der Waals surface area contributed by atoms with Gasteiger partial charge in [-0.05, 0) is 87.1 Å². The minimum Gasteiger partial charge on any atom is -0.427 e. The predicted octanol–water partition coefficient (Wildman–Crippen LogP) is 4.99. The van der Waals surface area contributed by atoms with Crippen LogP contribution < -0.4 is 9.47 Å². The first-order chi connectivity index (χ1) is 12.3. The summed E-state index contributed by atoms with van der Waals surface area (Å²) in [6, 6.07) is 11.2. The second-order valence-corrected chi connectivity index (χ2v) is 6.65. The predicted molar refractivity (Wildman–Crippen MR) is 102 cm³/mol. The molecule has 0 aliphatic heterocycles. The Balaban J connectivity index is 1.68. The van der Waals surface area contributed by atoms with Crippen molar-refractivity contribution in [3.8, 4) is 11.5 Å². The smallest absolute Gasteiger partial charge is 0.311 e. The summed E-state index contributed by atoms with van der Waals surface area (Å²) in [7, 11) is 0. The molecule has 0 spiro atoms. The van der Waals surface area contributed by atoms with E-state index in [1.807, 2.05) is 52.0 Å². The highest BCUT2D eigenvalue weighted by Crippen LogP contribution is 2.18. The van der Waals surface area contributed by atoms with Gasteiger partial charge in [0.15, 0.2) is 0 Å². The molecule has 0 aliphatic carbocycles. The van der Waals surface area contributed by atoms with Crippen molar-refractivity contribution in [1.29, 1.82) is 0 Å². The number of esters is 2. The number of aryl methyl sites for hydroxylation is 4. The number of hydrogen-bond acceptors (Lipinski definition) is 4. The minimum absolute atomic E-state index is 0.282. The molecule has 0 heterocycles. The van der Waals surface area contributed by atoms with E-state index in [1.165, 1.54) is 0 Å². The molecule has 138 valence electrons. The fourth-order valence-corrected chi connectivity index (χ4v) is 2.46. The van der Waals surface area contributed by atoms with Gasteiger partial charge in [0.05, 0.1) is 0 Å². The van der Waals surface area contributed by atoms with Crippen LogP contribution in [0.5, 0.6) is 11.5 Å². The van der Waals surface area contributed by atoms with Crippen LogP contribution in [0.4, 0.5) is 0 Å². The average molecular weight is 354 g/mol. The summed E-state index contributed by atoms with van der Waals surface area (Å²) < 4.78 is 10.6. The molecule has 0 unspecified atom stereocenters. The summed E-state index contributed by atoms with van der Waals surface area (Å²) in [5.41, 5.74) is 4.49. The molecular formula is C22H26O4. The van der Waals surface area contributed by atoms with Gasteiger partial charge in [0.25, 0.3) is 0 Å². The normalized spacial score (nSPS) is 10.5. The topological polar surface area (TPSA) is 52.6 Å². The highest BCUT2D eigenvalue weighted by molar-refractivity contribution is 5.73. The van der Waals surface area contributed by atoms with Gasteiger partial charge in [0, 0.05) is 12.8 Å². The maximum atomic E-state index is 11.9. The van der Waals surface area contributed by atoms with Crippen molar-refractivity contribution in [2.75, 3.05) is 0 Å². The molecular weight excluding hydrogens is 328 g/mol. The van der Waals surface area contributed by atoms with E-state index in [9.17, 15) is 9.59 Å². The highest BCUT2D eigenvalue weighted by atomic mass is 16.5. The Morgan fingerprint density at radius 3 is 1.38 bits per heavy atom. The largest absolute Gasteiger partial charge is 0.427 e. The first-order valence-corrected chi connectivity index (χ1v) is 8.91. The van der Waals surface area contributed by atoms with Crippen molar-refractivity contribution in [3.63, 3.8) is 0 Å². The third-order valence-electron chi connectivity index (χ3n) is 4.43. The molecule has 26 heavy (non-hydrogen) atoms. The molecule has 4 nitrogen and oxygen atoms in total. The standard InChI is InChI=1S/C22H26O4/c1-15-9-11-19(13-17(15)3)25-21(23)7-5-6-8-22(24)26-20-12-10-16(2)18(4)14-20/h9-14H,5-8H2,1-4H3. The molecule has 0 fully saturated rings. The number of rotatable bonds is 7. The molecule has 2 aromatic rings. The molecule has 0 saturated heterocycles. The SMILES string of the molecule is Cc1ccc(OC(=O)CCCCC(=O)Oc2ccc(C)c(C)c2)cc1C. The molecule has 2 rings (SSSR count). The lowest BCUT2D eigenvalue weighted by atomic mass is 10.1. The molecule has 0 amide bonds. The molecule has 4 heteroatoms. The third-order valence-corrected chi connectivity index (χ3v) is 4.43. The quantitative estimate of drug-likeness (QED) is 0.399. The van der Waals surface area contributed by atoms with Crippen molar-refractivity contribution < 1.29 is 19.1 Å². The van der Waals surface area contributed by atoms with E-state index in [1.54, 1.807) is 12.1 Å². The Morgan fingerprint density at radius 1 is 0.654 bits per heavy atom. The van der Waals surface area contributed by atoms with E-state index in [0.29, 0.717) is 24.3 Å². The number of carbonyl (C=O) groups is 2. The van der Waals surface area contributed by atoms with E-state index in [4.69, 9.17) is 9.47 Å². The molecule has 0 aliphatic rings. The van der Waals surface area contributed by atoms with Gasteiger partial charge in [-0.2, -0.15) is 0 Å². The molecule has 0 atom stereocenters. The lowest BCUT2D eigenvalue weighted by molar-refractivity contribution is -0.136. The molecule has 0 saturated carbocycles. The first kappa shape index (κ1) is 19.7. The van der Waals surface area contributed by atoms with Crippen LogP contribution in [0.25, 0.3) is 0 Å². The van der Waals surface area contributed by atoms with Gasteiger partial charge in [-0.1, -0.05) is 12.1 Å². The zero-order valence-electron chi connectivity index (χ0n) is 15.9. The summed E-state index contributed by atoms with van der Waals surface area (Å²) >= 11 is 0. The van der Waals surface area contributed by atoms with Gasteiger partial charge in [0.1, 0.15) is 11.5 Å². The van der Waals surface area contributed by atoms with Crippen molar-refractivity contribution in [3.05, 3.63) is 58.7 Å². The van der Waals surface area contributed by atoms with E-state index in [-0.39, 0.29) is 24.8 Å². The van der Waals surface area contributed by atoms with Gasteiger partial charge in [-0.3, -0.25) is 9.59 Å². The molecule has 0 bridgehead atoms. The van der Waals surface area contributed by atoms with Gasteiger partial charge in [0.2, 0.25) is 0 Å². The number of ether oxygens (including phenoxy) is 2. The Kier molecular flexibility index (Phi) is 6.96. The molecule has 0 N–H and O–H groups in total. The van der Waals surface area contributed by atoms with Crippen molar-refractivity contribution in [1.82, 2.24) is 0 Å². The Hall–Kier alpha value is -2.62. The number of unbranched alkanes of at least 4 members (excludes halogenated alkanes) is 1. The van der Waals surface area contributed by atoms with E-state index in [0.717, 1.165) is 22.3 Å². The molecule has 0 aromatic heterocycles.